The van der Waals surface area contributed by atoms with Crippen molar-refractivity contribution in [1.29, 1.82) is 0 Å². The van der Waals surface area contributed by atoms with Crippen molar-refractivity contribution in [3.05, 3.63) is 88.0 Å². The molecule has 0 aliphatic carbocycles. The number of amides is 1. The highest BCUT2D eigenvalue weighted by molar-refractivity contribution is 7.92. The summed E-state index contributed by atoms with van der Waals surface area (Å²) in [6.45, 7) is 6.12. The zero-order valence-electron chi connectivity index (χ0n) is 21.7. The van der Waals surface area contributed by atoms with E-state index in [0.717, 1.165) is 47.1 Å². The molecule has 13 heteroatoms. The fourth-order valence-electron chi connectivity index (χ4n) is 4.40. The van der Waals surface area contributed by atoms with Gasteiger partial charge in [-0.2, -0.15) is 0 Å². The molecular weight excluding hydrogens is 552 g/mol. The third-order valence-corrected chi connectivity index (χ3v) is 9.11. The lowest BCUT2D eigenvalue weighted by Crippen LogP contribution is -2.48. The number of carbonyl (C=O) groups excluding carboxylic acids is 1. The molecule has 0 spiro atoms. The molecule has 1 aliphatic heterocycles. The molecule has 0 bridgehead atoms. The Balaban J connectivity index is 1.10. The van der Waals surface area contributed by atoms with Gasteiger partial charge >= 0.3 is 0 Å². The molecule has 1 fully saturated rings. The van der Waals surface area contributed by atoms with Gasteiger partial charge in [0.1, 0.15) is 0 Å². The molecule has 1 saturated heterocycles. The van der Waals surface area contributed by atoms with Crippen molar-refractivity contribution < 1.29 is 18.1 Å². The minimum Gasteiger partial charge on any atom is -0.351 e. The smallest absolute Gasteiger partial charge is 0.270 e. The lowest BCUT2D eigenvalue weighted by atomic mass is 10.2. The second-order valence-electron chi connectivity index (χ2n) is 9.49. The predicted octanol–water partition coefficient (Wildman–Crippen LogP) is 3.87. The maximum Gasteiger partial charge on any atom is 0.270 e. The molecule has 5 rings (SSSR count). The number of hydrogen-bond acceptors (Lipinski definition) is 9. The molecule has 2 heterocycles. The Hall–Kier alpha value is -4.07. The summed E-state index contributed by atoms with van der Waals surface area (Å²) < 4.78 is 28.7. The van der Waals surface area contributed by atoms with Crippen LogP contribution >= 0.6 is 11.3 Å². The van der Waals surface area contributed by atoms with Crippen molar-refractivity contribution in [1.82, 2.24) is 15.2 Å². The average molecular weight is 581 g/mol. The zero-order valence-corrected chi connectivity index (χ0v) is 23.4. The number of non-ortho nitro benzene ring substituents is 1. The average Bonchev–Trinajstić information content (AvgIpc) is 3.37. The minimum absolute atomic E-state index is 0.0600. The van der Waals surface area contributed by atoms with Crippen LogP contribution in [0.5, 0.6) is 0 Å². The van der Waals surface area contributed by atoms with Gasteiger partial charge < -0.3 is 10.2 Å². The van der Waals surface area contributed by atoms with Crippen LogP contribution in [0.1, 0.15) is 15.9 Å². The summed E-state index contributed by atoms with van der Waals surface area (Å²) in [4.78, 5) is 32.6. The van der Waals surface area contributed by atoms with Crippen molar-refractivity contribution in [2.24, 2.45) is 0 Å². The Bertz CT molecular complexity index is 1650. The van der Waals surface area contributed by atoms with Gasteiger partial charge in [-0.25, -0.2) is 13.4 Å². The van der Waals surface area contributed by atoms with Gasteiger partial charge in [-0.05, 0) is 43.3 Å². The minimum atomic E-state index is -3.76. The number of thiazole rings is 1. The van der Waals surface area contributed by atoms with Crippen molar-refractivity contribution >= 4 is 54.0 Å². The summed E-state index contributed by atoms with van der Waals surface area (Å²) in [6, 6.07) is 17.7. The van der Waals surface area contributed by atoms with Gasteiger partial charge in [-0.3, -0.25) is 24.5 Å². The van der Waals surface area contributed by atoms with Gasteiger partial charge in [0.05, 0.1) is 20.0 Å². The van der Waals surface area contributed by atoms with E-state index in [1.165, 1.54) is 23.5 Å². The molecular formula is C27H28N6O5S2. The molecule has 1 amide bonds. The number of aromatic nitrogens is 1. The van der Waals surface area contributed by atoms with Gasteiger partial charge in [0.25, 0.3) is 21.6 Å². The van der Waals surface area contributed by atoms with E-state index < -0.39 is 14.9 Å². The third-order valence-electron chi connectivity index (χ3n) is 6.64. The Morgan fingerprint density at radius 1 is 1.05 bits per heavy atom. The molecule has 0 unspecified atom stereocenters. The van der Waals surface area contributed by atoms with Gasteiger partial charge in [-0.15, -0.1) is 0 Å². The second-order valence-corrected chi connectivity index (χ2v) is 12.2. The summed E-state index contributed by atoms with van der Waals surface area (Å²) in [5, 5.41) is 14.8. The zero-order chi connectivity index (χ0) is 28.3. The van der Waals surface area contributed by atoms with Crippen LogP contribution in [0.2, 0.25) is 0 Å². The van der Waals surface area contributed by atoms with Gasteiger partial charge in [0.2, 0.25) is 0 Å². The van der Waals surface area contributed by atoms with E-state index >= 15 is 0 Å². The summed E-state index contributed by atoms with van der Waals surface area (Å²) >= 11 is 1.45. The number of anilines is 2. The van der Waals surface area contributed by atoms with E-state index in [4.69, 9.17) is 0 Å². The fourth-order valence-corrected chi connectivity index (χ4v) is 6.50. The van der Waals surface area contributed by atoms with Gasteiger partial charge in [0, 0.05) is 62.7 Å². The van der Waals surface area contributed by atoms with Crippen LogP contribution in [0.25, 0.3) is 10.2 Å². The molecule has 2 N–H and O–H groups in total. The van der Waals surface area contributed by atoms with Crippen molar-refractivity contribution in [2.75, 3.05) is 48.9 Å². The highest BCUT2D eigenvalue weighted by atomic mass is 32.2. The number of nitro groups is 1. The molecule has 1 aromatic heterocycles. The van der Waals surface area contributed by atoms with Crippen LogP contribution in [-0.2, 0) is 10.0 Å². The molecule has 0 saturated carbocycles. The van der Waals surface area contributed by atoms with E-state index in [9.17, 15) is 23.3 Å². The standard InChI is InChI=1S/C27H28N6O5S2/c1-19-5-8-23(9-6-19)40(37,38)30-21-4-2-3-20(17-21)26(34)28-11-12-31-13-15-32(16-14-31)27-29-24-10-7-22(33(35)36)18-25(24)39-27/h2-10,17-18,30H,11-16H2,1H3,(H,28,34). The number of sulfonamides is 1. The maximum atomic E-state index is 12.7. The van der Waals surface area contributed by atoms with Crippen LogP contribution in [0, 0.1) is 17.0 Å². The highest BCUT2D eigenvalue weighted by Crippen LogP contribution is 2.31. The van der Waals surface area contributed by atoms with Crippen molar-refractivity contribution in [3.63, 3.8) is 0 Å². The number of fused-ring (bicyclic) bond motifs is 1. The van der Waals surface area contributed by atoms with Crippen molar-refractivity contribution in [2.45, 2.75) is 11.8 Å². The molecule has 11 nitrogen and oxygen atoms in total. The molecule has 4 aromatic rings. The summed E-state index contributed by atoms with van der Waals surface area (Å²) in [5.74, 6) is -0.279. The first-order valence-corrected chi connectivity index (χ1v) is 15.0. The molecule has 1 aliphatic rings. The Labute approximate surface area is 235 Å². The van der Waals surface area contributed by atoms with Gasteiger partial charge in [-0.1, -0.05) is 35.1 Å². The molecule has 40 heavy (non-hydrogen) atoms. The summed E-state index contributed by atoms with van der Waals surface area (Å²) in [6.07, 6.45) is 0. The Kier molecular flexibility index (Phi) is 7.96. The first-order valence-electron chi connectivity index (χ1n) is 12.7. The normalized spacial score (nSPS) is 14.3. The number of carbonyl (C=O) groups is 1. The quantitative estimate of drug-likeness (QED) is 0.225. The number of nitro benzene ring substituents is 1. The van der Waals surface area contributed by atoms with Crippen LogP contribution in [-0.4, -0.2) is 68.4 Å². The van der Waals surface area contributed by atoms with E-state index in [1.54, 1.807) is 54.6 Å². The maximum absolute atomic E-state index is 12.7. The van der Waals surface area contributed by atoms with Crippen LogP contribution in [0.15, 0.2) is 71.6 Å². The molecule has 0 radical (unpaired) electrons. The van der Waals surface area contributed by atoms with Crippen LogP contribution in [0.4, 0.5) is 16.5 Å². The number of piperazine rings is 1. The lowest BCUT2D eigenvalue weighted by Gasteiger charge is -2.34. The van der Waals surface area contributed by atoms with E-state index in [1.807, 2.05) is 6.92 Å². The number of nitrogens with zero attached hydrogens (tertiary/aromatic N) is 4. The van der Waals surface area contributed by atoms with Crippen molar-refractivity contribution in [3.8, 4) is 0 Å². The van der Waals surface area contributed by atoms with Crippen LogP contribution in [0.3, 0.4) is 0 Å². The van der Waals surface area contributed by atoms with Crippen LogP contribution < -0.4 is 14.9 Å². The monoisotopic (exact) mass is 580 g/mol. The number of rotatable bonds is 9. The first kappa shape index (κ1) is 27.5. The van der Waals surface area contributed by atoms with E-state index in [2.05, 4.69) is 24.8 Å². The molecule has 208 valence electrons. The third kappa shape index (κ3) is 6.38. The number of nitrogens with one attached hydrogen (secondary N) is 2. The largest absolute Gasteiger partial charge is 0.351 e. The second kappa shape index (κ2) is 11.6. The number of hydrogen-bond donors (Lipinski definition) is 2. The van der Waals surface area contributed by atoms with E-state index in [0.29, 0.717) is 24.3 Å². The fraction of sp³-hybridized carbons (Fsp3) is 0.259. The topological polar surface area (TPSA) is 138 Å². The number of benzene rings is 3. The first-order chi connectivity index (χ1) is 19.2. The highest BCUT2D eigenvalue weighted by Gasteiger charge is 2.21. The predicted molar refractivity (Wildman–Crippen MR) is 156 cm³/mol. The Morgan fingerprint density at radius 3 is 2.52 bits per heavy atom. The lowest BCUT2D eigenvalue weighted by molar-refractivity contribution is -0.384. The number of aryl methyl sites for hydroxylation is 1. The molecule has 3 aromatic carbocycles. The Morgan fingerprint density at radius 2 is 1.80 bits per heavy atom. The summed E-state index contributed by atoms with van der Waals surface area (Å²) in [7, 11) is -3.76. The van der Waals surface area contributed by atoms with E-state index in [-0.39, 0.29) is 16.5 Å². The summed E-state index contributed by atoms with van der Waals surface area (Å²) in [5.41, 5.74) is 2.45. The molecule has 0 atom stereocenters. The van der Waals surface area contributed by atoms with Gasteiger partial charge in [0.15, 0.2) is 5.13 Å². The SMILES string of the molecule is Cc1ccc(S(=O)(=O)Nc2cccc(C(=O)NCCN3CCN(c4nc5ccc([N+](=O)[O-])cc5s4)CC3)c2)cc1.